The van der Waals surface area contributed by atoms with E-state index in [0.717, 1.165) is 15.4 Å². The zero-order chi connectivity index (χ0) is 9.42. The van der Waals surface area contributed by atoms with Gasteiger partial charge in [-0.05, 0) is 34.1 Å². The molecular formula is C9H5BrClNO. The van der Waals surface area contributed by atoms with E-state index < -0.39 is 0 Å². The van der Waals surface area contributed by atoms with Crippen molar-refractivity contribution < 1.29 is 5.11 Å². The number of hydrogen-bond donors (Lipinski definition) is 1. The number of halogens is 2. The lowest BCUT2D eigenvalue weighted by Crippen LogP contribution is -1.80. The lowest BCUT2D eigenvalue weighted by Gasteiger charge is -2.01. The Morgan fingerprint density at radius 3 is 2.92 bits per heavy atom. The molecule has 1 aromatic heterocycles. The molecule has 1 N–H and O–H groups in total. The van der Waals surface area contributed by atoms with E-state index in [1.807, 2.05) is 6.07 Å². The third-order valence-corrected chi connectivity index (χ3v) is 2.70. The highest BCUT2D eigenvalue weighted by Gasteiger charge is 2.04. The minimum absolute atomic E-state index is 0.118. The van der Waals surface area contributed by atoms with Crippen molar-refractivity contribution in [3.05, 3.63) is 33.9 Å². The first-order valence-electron chi connectivity index (χ1n) is 3.61. The van der Waals surface area contributed by atoms with Gasteiger partial charge in [0.05, 0.1) is 16.7 Å². The van der Waals surface area contributed by atoms with Gasteiger partial charge >= 0.3 is 0 Å². The average molecular weight is 259 g/mol. The molecule has 2 aromatic rings. The van der Waals surface area contributed by atoms with Gasteiger partial charge in [-0.1, -0.05) is 11.6 Å². The van der Waals surface area contributed by atoms with Gasteiger partial charge in [-0.3, -0.25) is 4.98 Å². The van der Waals surface area contributed by atoms with Crippen LogP contribution in [0.1, 0.15) is 0 Å². The van der Waals surface area contributed by atoms with E-state index in [2.05, 4.69) is 20.9 Å². The van der Waals surface area contributed by atoms with Crippen LogP contribution in [0.15, 0.2) is 28.9 Å². The smallest absolute Gasteiger partial charge is 0.134 e. The second kappa shape index (κ2) is 3.16. The van der Waals surface area contributed by atoms with Gasteiger partial charge in [0.25, 0.3) is 0 Å². The molecule has 0 amide bonds. The lowest BCUT2D eigenvalue weighted by molar-refractivity contribution is 0.474. The number of aromatic nitrogens is 1. The van der Waals surface area contributed by atoms with E-state index in [-0.39, 0.29) is 5.75 Å². The second-order valence-corrected chi connectivity index (χ2v) is 3.88. The van der Waals surface area contributed by atoms with Crippen LogP contribution in [0.2, 0.25) is 5.02 Å². The van der Waals surface area contributed by atoms with Gasteiger partial charge in [0, 0.05) is 9.86 Å². The Morgan fingerprint density at radius 1 is 1.38 bits per heavy atom. The molecule has 0 aliphatic rings. The van der Waals surface area contributed by atoms with Crippen LogP contribution in [0, 0.1) is 0 Å². The monoisotopic (exact) mass is 257 g/mol. The molecule has 0 fully saturated rings. The van der Waals surface area contributed by atoms with Crippen LogP contribution >= 0.6 is 27.5 Å². The maximum absolute atomic E-state index is 9.21. The fourth-order valence-corrected chi connectivity index (χ4v) is 1.80. The van der Waals surface area contributed by atoms with Crippen LogP contribution in [0.3, 0.4) is 0 Å². The molecule has 2 rings (SSSR count). The van der Waals surface area contributed by atoms with Crippen LogP contribution in [0.5, 0.6) is 5.75 Å². The number of fused-ring (bicyclic) bond motifs is 1. The Hall–Kier alpha value is -0.800. The van der Waals surface area contributed by atoms with E-state index in [0.29, 0.717) is 5.02 Å². The van der Waals surface area contributed by atoms with Gasteiger partial charge in [-0.25, -0.2) is 0 Å². The van der Waals surface area contributed by atoms with Crippen LogP contribution in [-0.4, -0.2) is 10.1 Å². The van der Waals surface area contributed by atoms with Gasteiger partial charge < -0.3 is 5.11 Å². The molecular weight excluding hydrogens is 253 g/mol. The molecule has 1 heterocycles. The molecule has 1 aromatic carbocycles. The Balaban J connectivity index is 2.92. The summed E-state index contributed by atoms with van der Waals surface area (Å²) < 4.78 is 0.868. The lowest BCUT2D eigenvalue weighted by atomic mass is 10.2. The number of rotatable bonds is 0. The summed E-state index contributed by atoms with van der Waals surface area (Å²) in [5, 5.41) is 10.5. The highest BCUT2D eigenvalue weighted by molar-refractivity contribution is 9.10. The molecule has 0 radical (unpaired) electrons. The molecule has 66 valence electrons. The van der Waals surface area contributed by atoms with Crippen LogP contribution < -0.4 is 0 Å². The summed E-state index contributed by atoms with van der Waals surface area (Å²) in [5.41, 5.74) is 0.755. The predicted octanol–water partition coefficient (Wildman–Crippen LogP) is 3.36. The fourth-order valence-electron chi connectivity index (χ4n) is 1.14. The highest BCUT2D eigenvalue weighted by Crippen LogP contribution is 2.30. The van der Waals surface area contributed by atoms with E-state index >= 15 is 0 Å². The molecule has 0 unspecified atom stereocenters. The SMILES string of the molecule is Oc1cnc2c(Br)ccc(Cl)c2c1. The van der Waals surface area contributed by atoms with E-state index in [4.69, 9.17) is 11.6 Å². The van der Waals surface area contributed by atoms with Crippen LogP contribution in [-0.2, 0) is 0 Å². The summed E-state index contributed by atoms with van der Waals surface area (Å²) >= 11 is 9.28. The maximum Gasteiger partial charge on any atom is 0.134 e. The third-order valence-electron chi connectivity index (χ3n) is 1.73. The van der Waals surface area contributed by atoms with Crippen molar-refractivity contribution in [2.75, 3.05) is 0 Å². The van der Waals surface area contributed by atoms with Crippen molar-refractivity contribution >= 4 is 38.4 Å². The molecule has 13 heavy (non-hydrogen) atoms. The quantitative estimate of drug-likeness (QED) is 0.786. The van der Waals surface area contributed by atoms with Crippen LogP contribution in [0.4, 0.5) is 0 Å². The van der Waals surface area contributed by atoms with E-state index in [1.54, 1.807) is 12.1 Å². The highest BCUT2D eigenvalue weighted by atomic mass is 79.9. The molecule has 4 heteroatoms. The second-order valence-electron chi connectivity index (χ2n) is 2.62. The standard InChI is InChI=1S/C9H5BrClNO/c10-7-1-2-8(11)6-3-5(13)4-12-9(6)7/h1-4,13H. The first-order valence-corrected chi connectivity index (χ1v) is 4.78. The summed E-state index contributed by atoms with van der Waals surface area (Å²) in [6.07, 6.45) is 1.39. The largest absolute Gasteiger partial charge is 0.506 e. The summed E-state index contributed by atoms with van der Waals surface area (Å²) in [6, 6.07) is 5.18. The molecule has 0 saturated carbocycles. The third kappa shape index (κ3) is 1.49. The summed E-state index contributed by atoms with van der Waals surface area (Å²) in [4.78, 5) is 4.06. The number of benzene rings is 1. The molecule has 0 saturated heterocycles. The fraction of sp³-hybridized carbons (Fsp3) is 0. The summed E-state index contributed by atoms with van der Waals surface area (Å²) in [7, 11) is 0. The average Bonchev–Trinajstić information content (AvgIpc) is 2.12. The van der Waals surface area contributed by atoms with Crippen molar-refractivity contribution in [2.45, 2.75) is 0 Å². The molecule has 0 spiro atoms. The minimum Gasteiger partial charge on any atom is -0.506 e. The van der Waals surface area contributed by atoms with Crippen LogP contribution in [0.25, 0.3) is 10.9 Å². The van der Waals surface area contributed by atoms with Gasteiger partial charge in [0.15, 0.2) is 0 Å². The zero-order valence-corrected chi connectivity index (χ0v) is 8.80. The van der Waals surface area contributed by atoms with Crippen molar-refractivity contribution in [1.82, 2.24) is 4.98 Å². The Bertz CT molecular complexity index is 472. The number of pyridine rings is 1. The maximum atomic E-state index is 9.21. The van der Waals surface area contributed by atoms with Gasteiger partial charge in [-0.15, -0.1) is 0 Å². The first-order chi connectivity index (χ1) is 6.18. The molecule has 0 aliphatic carbocycles. The van der Waals surface area contributed by atoms with Gasteiger partial charge in [-0.2, -0.15) is 0 Å². The Morgan fingerprint density at radius 2 is 2.15 bits per heavy atom. The van der Waals surface area contributed by atoms with Crippen molar-refractivity contribution in [1.29, 1.82) is 0 Å². The zero-order valence-electron chi connectivity index (χ0n) is 6.46. The van der Waals surface area contributed by atoms with E-state index in [1.165, 1.54) is 6.20 Å². The number of hydrogen-bond acceptors (Lipinski definition) is 2. The van der Waals surface area contributed by atoms with Crippen molar-refractivity contribution in [3.8, 4) is 5.75 Å². The topological polar surface area (TPSA) is 33.1 Å². The van der Waals surface area contributed by atoms with Gasteiger partial charge in [0.2, 0.25) is 0 Å². The Labute approximate surface area is 88.3 Å². The van der Waals surface area contributed by atoms with Crippen molar-refractivity contribution in [3.63, 3.8) is 0 Å². The summed E-state index contributed by atoms with van der Waals surface area (Å²) in [5.74, 6) is 0.118. The number of nitrogens with zero attached hydrogens (tertiary/aromatic N) is 1. The Kier molecular flexibility index (Phi) is 2.14. The van der Waals surface area contributed by atoms with Gasteiger partial charge in [0.1, 0.15) is 5.75 Å². The molecule has 0 atom stereocenters. The molecule has 0 bridgehead atoms. The van der Waals surface area contributed by atoms with Crippen molar-refractivity contribution in [2.24, 2.45) is 0 Å². The minimum atomic E-state index is 0.118. The van der Waals surface area contributed by atoms with E-state index in [9.17, 15) is 5.11 Å². The number of aromatic hydroxyl groups is 1. The molecule has 2 nitrogen and oxygen atoms in total. The normalized spacial score (nSPS) is 10.6. The first kappa shape index (κ1) is 8.78. The molecule has 0 aliphatic heterocycles. The predicted molar refractivity (Wildman–Crippen MR) is 56.1 cm³/mol. The summed E-state index contributed by atoms with van der Waals surface area (Å²) in [6.45, 7) is 0.